The van der Waals surface area contributed by atoms with E-state index in [1.54, 1.807) is 12.1 Å². The summed E-state index contributed by atoms with van der Waals surface area (Å²) in [4.78, 5) is 0. The molecule has 0 spiro atoms. The number of benzene rings is 3. The van der Waals surface area contributed by atoms with Crippen LogP contribution in [0.5, 0.6) is 0 Å². The number of alkyl halides is 4. The van der Waals surface area contributed by atoms with Crippen molar-refractivity contribution in [1.29, 1.82) is 0 Å². The van der Waals surface area contributed by atoms with Gasteiger partial charge >= 0.3 is 6.18 Å². The summed E-state index contributed by atoms with van der Waals surface area (Å²) in [6.45, 7) is 0. The van der Waals surface area contributed by atoms with E-state index in [9.17, 15) is 13.2 Å². The van der Waals surface area contributed by atoms with Crippen LogP contribution >= 0.6 is 22.6 Å². The molecule has 0 radical (unpaired) electrons. The van der Waals surface area contributed by atoms with Gasteiger partial charge in [-0.15, -0.1) is 0 Å². The minimum Gasteiger partial charge on any atom is -0.166 e. The van der Waals surface area contributed by atoms with Crippen LogP contribution in [0.15, 0.2) is 84.9 Å². The first-order valence-electron chi connectivity index (χ1n) is 7.83. The van der Waals surface area contributed by atoms with Gasteiger partial charge in [0.2, 0.25) is 0 Å². The lowest BCUT2D eigenvalue weighted by atomic mass is 10.2. The Labute approximate surface area is 159 Å². The largest absolute Gasteiger partial charge is 0.416 e. The molecule has 0 atom stereocenters. The molecule has 3 aromatic carbocycles. The van der Waals surface area contributed by atoms with Crippen LogP contribution in [0, 0.1) is 0 Å². The molecule has 3 aromatic rings. The normalized spacial score (nSPS) is 12.2. The molecule has 0 fully saturated rings. The van der Waals surface area contributed by atoms with Crippen molar-refractivity contribution in [1.82, 2.24) is 0 Å². The Morgan fingerprint density at radius 3 is 1.40 bits per heavy atom. The number of hydrogen-bond acceptors (Lipinski definition) is 0. The number of halogens is 4. The third kappa shape index (κ3) is 3.53. The van der Waals surface area contributed by atoms with E-state index in [4.69, 9.17) is 0 Å². The van der Waals surface area contributed by atoms with E-state index in [1.165, 1.54) is 22.5 Å². The van der Waals surface area contributed by atoms with E-state index >= 15 is 0 Å². The van der Waals surface area contributed by atoms with Crippen molar-refractivity contribution in [3.8, 4) is 0 Å². The van der Waals surface area contributed by atoms with Crippen molar-refractivity contribution in [2.45, 2.75) is 6.18 Å². The van der Waals surface area contributed by atoms with E-state index in [1.807, 2.05) is 36.4 Å². The van der Waals surface area contributed by atoms with Crippen LogP contribution in [0.1, 0.15) is 5.56 Å². The monoisotopic (exact) mass is 468 g/mol. The molecular formula is C20H16F3ISi. The van der Waals surface area contributed by atoms with Crippen molar-refractivity contribution in [3.63, 3.8) is 0 Å². The predicted molar refractivity (Wildman–Crippen MR) is 108 cm³/mol. The molecule has 25 heavy (non-hydrogen) atoms. The van der Waals surface area contributed by atoms with E-state index in [2.05, 4.69) is 46.9 Å². The van der Waals surface area contributed by atoms with E-state index in [-0.39, 0.29) is 0 Å². The lowest BCUT2D eigenvalue weighted by molar-refractivity contribution is -0.137. The molecule has 0 saturated carbocycles. The van der Waals surface area contributed by atoms with Gasteiger partial charge in [0.05, 0.1) is 5.56 Å². The minimum absolute atomic E-state index is 0.603. The highest BCUT2D eigenvalue weighted by Gasteiger charge is 2.39. The van der Waals surface area contributed by atoms with Gasteiger partial charge in [-0.1, -0.05) is 108 Å². The summed E-state index contributed by atoms with van der Waals surface area (Å²) in [5.41, 5.74) is -0.603. The molecule has 0 aromatic heterocycles. The van der Waals surface area contributed by atoms with Crippen LogP contribution in [-0.2, 0) is 6.18 Å². The van der Waals surface area contributed by atoms with Gasteiger partial charge in [0, 0.05) is 4.05 Å². The van der Waals surface area contributed by atoms with Crippen LogP contribution in [-0.4, -0.2) is 12.1 Å². The molecule has 3 rings (SSSR count). The topological polar surface area (TPSA) is 0 Å². The number of rotatable bonds is 4. The summed E-state index contributed by atoms with van der Waals surface area (Å²) in [7, 11) is -2.36. The zero-order valence-electron chi connectivity index (χ0n) is 13.3. The van der Waals surface area contributed by atoms with Gasteiger partial charge in [-0.05, 0) is 15.6 Å². The molecule has 0 nitrogen and oxygen atoms in total. The second-order valence-corrected chi connectivity index (χ2v) is 11.9. The highest BCUT2D eigenvalue weighted by molar-refractivity contribution is 14.1. The van der Waals surface area contributed by atoms with Gasteiger partial charge < -0.3 is 0 Å². The third-order valence-electron chi connectivity index (χ3n) is 4.44. The standard InChI is InChI=1S/C20H16F3ISi/c21-20(22,23)16-11-13-19(14-12-16)25(15-24,17-7-3-1-4-8-17)18-9-5-2-6-10-18/h1-14H,15H2. The first-order valence-corrected chi connectivity index (χ1v) is 11.6. The van der Waals surface area contributed by atoms with Gasteiger partial charge in [-0.3, -0.25) is 0 Å². The lowest BCUT2D eigenvalue weighted by Crippen LogP contribution is -2.68. The second kappa shape index (κ2) is 7.33. The van der Waals surface area contributed by atoms with Crippen molar-refractivity contribution in [2.75, 3.05) is 4.05 Å². The Morgan fingerprint density at radius 2 is 1.04 bits per heavy atom. The van der Waals surface area contributed by atoms with E-state index in [0.29, 0.717) is 0 Å². The first kappa shape index (κ1) is 18.2. The molecule has 0 aliphatic heterocycles. The fourth-order valence-electron chi connectivity index (χ4n) is 3.12. The van der Waals surface area contributed by atoms with Crippen LogP contribution in [0.25, 0.3) is 0 Å². The maximum Gasteiger partial charge on any atom is 0.416 e. The maximum atomic E-state index is 13.0. The van der Waals surface area contributed by atoms with Crippen molar-refractivity contribution < 1.29 is 13.2 Å². The lowest BCUT2D eigenvalue weighted by Gasteiger charge is -2.32. The van der Waals surface area contributed by atoms with Crippen LogP contribution in [0.3, 0.4) is 0 Å². The molecule has 0 aliphatic carbocycles. The maximum absolute atomic E-state index is 13.0. The fraction of sp³-hybridized carbons (Fsp3) is 0.100. The minimum atomic E-state index is -4.31. The highest BCUT2D eigenvalue weighted by atomic mass is 127. The Balaban J connectivity index is 2.21. The molecule has 0 N–H and O–H groups in total. The third-order valence-corrected chi connectivity index (χ3v) is 12.2. The summed E-state index contributed by atoms with van der Waals surface area (Å²) in [5.74, 6) is 0. The average Bonchev–Trinajstić information content (AvgIpc) is 2.64. The van der Waals surface area contributed by atoms with Crippen LogP contribution < -0.4 is 15.6 Å². The molecule has 0 saturated heterocycles. The zero-order chi connectivity index (χ0) is 17.9. The quantitative estimate of drug-likeness (QED) is 0.234. The molecule has 0 unspecified atom stereocenters. The van der Waals surface area contributed by atoms with Crippen molar-refractivity contribution in [2.24, 2.45) is 0 Å². The highest BCUT2D eigenvalue weighted by Crippen LogP contribution is 2.28. The molecule has 5 heteroatoms. The Kier molecular flexibility index (Phi) is 5.34. The smallest absolute Gasteiger partial charge is 0.166 e. The predicted octanol–water partition coefficient (Wildman–Crippen LogP) is 4.15. The van der Waals surface area contributed by atoms with Crippen LogP contribution in [0.4, 0.5) is 13.2 Å². The molecule has 0 aliphatic rings. The SMILES string of the molecule is FC(F)(F)c1ccc([Si](CI)(c2ccccc2)c2ccccc2)cc1. The average molecular weight is 468 g/mol. The molecule has 128 valence electrons. The Bertz CT molecular complexity index is 776. The Hall–Kier alpha value is -1.60. The van der Waals surface area contributed by atoms with Crippen LogP contribution in [0.2, 0.25) is 0 Å². The van der Waals surface area contributed by atoms with Gasteiger partial charge in [0.1, 0.15) is 0 Å². The van der Waals surface area contributed by atoms with Crippen molar-refractivity contribution in [3.05, 3.63) is 90.5 Å². The summed E-state index contributed by atoms with van der Waals surface area (Å²) < 4.78 is 39.7. The van der Waals surface area contributed by atoms with Gasteiger partial charge in [0.25, 0.3) is 0 Å². The summed E-state index contributed by atoms with van der Waals surface area (Å²) >= 11 is 2.38. The zero-order valence-corrected chi connectivity index (χ0v) is 16.5. The fourth-order valence-corrected chi connectivity index (χ4v) is 10.8. The molecule has 0 bridgehead atoms. The first-order chi connectivity index (χ1) is 12.0. The van der Waals surface area contributed by atoms with E-state index in [0.717, 1.165) is 9.24 Å². The summed E-state index contributed by atoms with van der Waals surface area (Å²) in [5, 5.41) is 3.40. The van der Waals surface area contributed by atoms with E-state index < -0.39 is 19.8 Å². The van der Waals surface area contributed by atoms with Gasteiger partial charge in [-0.25, -0.2) is 0 Å². The molecule has 0 heterocycles. The molecular weight excluding hydrogens is 452 g/mol. The summed E-state index contributed by atoms with van der Waals surface area (Å²) in [6.07, 6.45) is -4.31. The van der Waals surface area contributed by atoms with Gasteiger partial charge in [0.15, 0.2) is 8.07 Å². The molecule has 0 amide bonds. The Morgan fingerprint density at radius 1 is 0.640 bits per heavy atom. The summed E-state index contributed by atoms with van der Waals surface area (Å²) in [6, 6.07) is 26.0. The number of hydrogen-bond donors (Lipinski definition) is 0. The van der Waals surface area contributed by atoms with Gasteiger partial charge in [-0.2, -0.15) is 13.2 Å². The second-order valence-electron chi connectivity index (χ2n) is 5.85. The van der Waals surface area contributed by atoms with Crippen molar-refractivity contribution >= 4 is 46.2 Å².